The zero-order valence-corrected chi connectivity index (χ0v) is 14.3. The number of rotatable bonds is 7. The molecule has 6 heteroatoms. The molecule has 0 spiro atoms. The molecule has 2 atom stereocenters. The van der Waals surface area contributed by atoms with E-state index < -0.39 is 0 Å². The van der Waals surface area contributed by atoms with Gasteiger partial charge in [0.2, 0.25) is 11.8 Å². The van der Waals surface area contributed by atoms with Gasteiger partial charge in [-0.2, -0.15) is 0 Å². The molecule has 5 nitrogen and oxygen atoms in total. The lowest BCUT2D eigenvalue weighted by Crippen LogP contribution is -2.19. The Bertz CT molecular complexity index is 715. The lowest BCUT2D eigenvalue weighted by atomic mass is 10.2. The second-order valence-corrected chi connectivity index (χ2v) is 6.71. The fraction of sp³-hybridized carbons (Fsp3) is 0.333. The van der Waals surface area contributed by atoms with E-state index >= 15 is 0 Å². The smallest absolute Gasteiger partial charge is 0.230 e. The molecule has 0 aliphatic heterocycles. The third-order valence-electron chi connectivity index (χ3n) is 3.82. The Labute approximate surface area is 145 Å². The second-order valence-electron chi connectivity index (χ2n) is 5.68. The summed E-state index contributed by atoms with van der Waals surface area (Å²) in [5.74, 6) is -0.258. The highest BCUT2D eigenvalue weighted by Gasteiger charge is 2.44. The molecule has 0 unspecified atom stereocenters. The molecule has 1 aromatic carbocycles. The maximum absolute atomic E-state index is 12.3. The van der Waals surface area contributed by atoms with Crippen LogP contribution in [0, 0.1) is 5.92 Å². The van der Waals surface area contributed by atoms with Crippen LogP contribution in [0.4, 0.5) is 11.4 Å². The highest BCUT2D eigenvalue weighted by molar-refractivity contribution is 7.10. The Morgan fingerprint density at radius 1 is 1.17 bits per heavy atom. The van der Waals surface area contributed by atoms with Gasteiger partial charge < -0.3 is 15.4 Å². The first kappa shape index (κ1) is 16.7. The summed E-state index contributed by atoms with van der Waals surface area (Å²) in [6, 6.07) is 11.1. The van der Waals surface area contributed by atoms with E-state index in [0.29, 0.717) is 24.4 Å². The number of benzene rings is 1. The number of ether oxygens (including phenoxy) is 1. The SMILES string of the molecule is CCO[C@@H]1C[C@@H]1C(=O)Nc1ccccc1NC(=O)Cc1cccs1. The van der Waals surface area contributed by atoms with E-state index in [0.717, 1.165) is 11.3 Å². The van der Waals surface area contributed by atoms with Crippen LogP contribution in [-0.2, 0) is 20.7 Å². The van der Waals surface area contributed by atoms with Crippen molar-refractivity contribution >= 4 is 34.5 Å². The highest BCUT2D eigenvalue weighted by Crippen LogP contribution is 2.35. The van der Waals surface area contributed by atoms with Gasteiger partial charge in [-0.25, -0.2) is 0 Å². The Morgan fingerprint density at radius 3 is 2.58 bits per heavy atom. The number of carbonyl (C=O) groups is 2. The second kappa shape index (κ2) is 7.59. The lowest BCUT2D eigenvalue weighted by molar-refractivity contribution is -0.118. The number of nitrogens with one attached hydrogen (secondary N) is 2. The minimum atomic E-state index is -0.0993. The summed E-state index contributed by atoms with van der Waals surface area (Å²) < 4.78 is 5.45. The van der Waals surface area contributed by atoms with E-state index in [1.807, 2.05) is 36.6 Å². The Balaban J connectivity index is 1.60. The summed E-state index contributed by atoms with van der Waals surface area (Å²) in [5.41, 5.74) is 1.23. The van der Waals surface area contributed by atoms with Crippen LogP contribution < -0.4 is 10.6 Å². The van der Waals surface area contributed by atoms with Gasteiger partial charge in [0.15, 0.2) is 0 Å². The highest BCUT2D eigenvalue weighted by atomic mass is 32.1. The van der Waals surface area contributed by atoms with Gasteiger partial charge in [0, 0.05) is 11.5 Å². The van der Waals surface area contributed by atoms with Gasteiger partial charge in [0.25, 0.3) is 0 Å². The topological polar surface area (TPSA) is 67.4 Å². The third-order valence-corrected chi connectivity index (χ3v) is 4.70. The zero-order valence-electron chi connectivity index (χ0n) is 13.5. The standard InChI is InChI=1S/C18H20N2O3S/c1-2-23-16-11-13(16)18(22)20-15-8-4-3-7-14(15)19-17(21)10-12-6-5-9-24-12/h3-9,13,16H,2,10-11H2,1H3,(H,19,21)(H,20,22)/t13-,16+/m0/s1. The van der Waals surface area contributed by atoms with E-state index in [-0.39, 0.29) is 23.8 Å². The summed E-state index contributed by atoms with van der Waals surface area (Å²) in [7, 11) is 0. The maximum Gasteiger partial charge on any atom is 0.230 e. The van der Waals surface area contributed by atoms with Crippen LogP contribution in [0.5, 0.6) is 0 Å². The summed E-state index contributed by atoms with van der Waals surface area (Å²) in [6.45, 7) is 2.54. The average molecular weight is 344 g/mol. The van der Waals surface area contributed by atoms with E-state index in [2.05, 4.69) is 10.6 Å². The minimum Gasteiger partial charge on any atom is -0.378 e. The Morgan fingerprint density at radius 2 is 1.92 bits per heavy atom. The fourth-order valence-electron chi connectivity index (χ4n) is 2.54. The summed E-state index contributed by atoms with van der Waals surface area (Å²) in [6.07, 6.45) is 1.11. The predicted octanol–water partition coefficient (Wildman–Crippen LogP) is 3.29. The Kier molecular flexibility index (Phi) is 5.27. The van der Waals surface area contributed by atoms with E-state index in [1.165, 1.54) is 0 Å². The predicted molar refractivity (Wildman–Crippen MR) is 95.2 cm³/mol. The molecule has 0 saturated heterocycles. The molecule has 126 valence electrons. The molecule has 2 aromatic rings. The van der Waals surface area contributed by atoms with Crippen LogP contribution >= 0.6 is 11.3 Å². The zero-order chi connectivity index (χ0) is 16.9. The van der Waals surface area contributed by atoms with Gasteiger partial charge in [-0.15, -0.1) is 11.3 Å². The van der Waals surface area contributed by atoms with Gasteiger partial charge in [0.05, 0.1) is 29.8 Å². The summed E-state index contributed by atoms with van der Waals surface area (Å²) in [5, 5.41) is 7.71. The molecule has 2 amide bonds. The van der Waals surface area contributed by atoms with Crippen molar-refractivity contribution < 1.29 is 14.3 Å². The van der Waals surface area contributed by atoms with Crippen LogP contribution in [0.25, 0.3) is 0 Å². The molecule has 24 heavy (non-hydrogen) atoms. The number of amides is 2. The quantitative estimate of drug-likeness (QED) is 0.810. The van der Waals surface area contributed by atoms with Crippen molar-refractivity contribution in [1.29, 1.82) is 0 Å². The fourth-order valence-corrected chi connectivity index (χ4v) is 3.24. The van der Waals surface area contributed by atoms with Crippen molar-refractivity contribution in [2.45, 2.75) is 25.9 Å². The monoisotopic (exact) mass is 344 g/mol. The summed E-state index contributed by atoms with van der Waals surface area (Å²) in [4.78, 5) is 25.4. The van der Waals surface area contributed by atoms with E-state index in [1.54, 1.807) is 23.5 Å². The average Bonchev–Trinajstić information content (AvgIpc) is 3.15. The van der Waals surface area contributed by atoms with Gasteiger partial charge in [-0.3, -0.25) is 9.59 Å². The molecular formula is C18H20N2O3S. The van der Waals surface area contributed by atoms with Gasteiger partial charge >= 0.3 is 0 Å². The number of para-hydroxylation sites is 2. The van der Waals surface area contributed by atoms with Crippen molar-refractivity contribution in [2.24, 2.45) is 5.92 Å². The molecule has 2 N–H and O–H groups in total. The first-order valence-electron chi connectivity index (χ1n) is 8.01. The first-order chi connectivity index (χ1) is 11.7. The summed E-state index contributed by atoms with van der Waals surface area (Å²) >= 11 is 1.55. The maximum atomic E-state index is 12.3. The van der Waals surface area contributed by atoms with Crippen LogP contribution in [-0.4, -0.2) is 24.5 Å². The molecular weight excluding hydrogens is 324 g/mol. The number of thiophene rings is 1. The molecule has 0 bridgehead atoms. The number of hydrogen-bond donors (Lipinski definition) is 2. The minimum absolute atomic E-state index is 0.0237. The van der Waals surface area contributed by atoms with Crippen LogP contribution in [0.2, 0.25) is 0 Å². The lowest BCUT2D eigenvalue weighted by Gasteiger charge is -2.12. The molecule has 3 rings (SSSR count). The molecule has 1 aliphatic carbocycles. The van der Waals surface area contributed by atoms with Crippen molar-refractivity contribution in [3.63, 3.8) is 0 Å². The third kappa shape index (κ3) is 4.21. The van der Waals surface area contributed by atoms with Gasteiger partial charge in [-0.05, 0) is 36.9 Å². The molecule has 1 aromatic heterocycles. The normalized spacial score (nSPS) is 18.9. The van der Waals surface area contributed by atoms with Gasteiger partial charge in [0.1, 0.15) is 0 Å². The van der Waals surface area contributed by atoms with E-state index in [4.69, 9.17) is 4.74 Å². The molecule has 1 saturated carbocycles. The van der Waals surface area contributed by atoms with Crippen molar-refractivity contribution in [1.82, 2.24) is 0 Å². The Hall–Kier alpha value is -2.18. The number of anilines is 2. The number of hydrogen-bond acceptors (Lipinski definition) is 4. The first-order valence-corrected chi connectivity index (χ1v) is 8.89. The number of carbonyl (C=O) groups excluding carboxylic acids is 2. The molecule has 1 fully saturated rings. The largest absolute Gasteiger partial charge is 0.378 e. The van der Waals surface area contributed by atoms with Crippen molar-refractivity contribution in [2.75, 3.05) is 17.2 Å². The van der Waals surface area contributed by atoms with Crippen molar-refractivity contribution in [3.8, 4) is 0 Å². The molecule has 1 heterocycles. The van der Waals surface area contributed by atoms with Crippen molar-refractivity contribution in [3.05, 3.63) is 46.7 Å². The van der Waals surface area contributed by atoms with Crippen LogP contribution in [0.3, 0.4) is 0 Å². The van der Waals surface area contributed by atoms with E-state index in [9.17, 15) is 9.59 Å². The van der Waals surface area contributed by atoms with Crippen LogP contribution in [0.15, 0.2) is 41.8 Å². The molecule has 1 aliphatic rings. The van der Waals surface area contributed by atoms with Gasteiger partial charge in [-0.1, -0.05) is 18.2 Å². The molecule has 0 radical (unpaired) electrons. The van der Waals surface area contributed by atoms with Crippen LogP contribution in [0.1, 0.15) is 18.2 Å².